The molecule has 5 heteroatoms. The summed E-state index contributed by atoms with van der Waals surface area (Å²) in [6.07, 6.45) is 0.331. The average molecular weight is 262 g/mol. The van der Waals surface area contributed by atoms with E-state index in [4.69, 9.17) is 4.74 Å². The van der Waals surface area contributed by atoms with Gasteiger partial charge in [-0.25, -0.2) is 0 Å². The van der Waals surface area contributed by atoms with Crippen molar-refractivity contribution in [3.63, 3.8) is 0 Å². The second-order valence-electron chi connectivity index (χ2n) is 3.69. The summed E-state index contributed by atoms with van der Waals surface area (Å²) in [6.45, 7) is 7.18. The van der Waals surface area contributed by atoms with Crippen LogP contribution in [-0.4, -0.2) is 29.1 Å². The Morgan fingerprint density at radius 3 is 1.56 bits per heavy atom. The molecule has 0 saturated carbocycles. The van der Waals surface area contributed by atoms with E-state index in [-0.39, 0.29) is 27.8 Å². The van der Waals surface area contributed by atoms with Gasteiger partial charge in [0.05, 0.1) is 6.10 Å². The van der Waals surface area contributed by atoms with Crippen molar-refractivity contribution in [2.75, 3.05) is 0 Å². The zero-order valence-electron chi connectivity index (χ0n) is 10.4. The predicted molar refractivity (Wildman–Crippen MR) is 55.6 cm³/mol. The monoisotopic (exact) mass is 262 g/mol. The Bertz CT molecular complexity index is 250. The van der Waals surface area contributed by atoms with Gasteiger partial charge in [-0.3, -0.25) is 14.4 Å². The third-order valence-corrected chi connectivity index (χ3v) is 2.44. The molecule has 0 radical (unpaired) electrons. The van der Waals surface area contributed by atoms with E-state index in [1.54, 1.807) is 6.92 Å². The molecule has 0 aromatic carbocycles. The van der Waals surface area contributed by atoms with Crippen molar-refractivity contribution in [3.8, 4) is 0 Å². The molecule has 0 aromatic rings. The standard InChI is InChI=1S/C11H18O4.Ti/c1-6-7(2)15-11(8(3)12,9(4)13)10(5)14;/h7H,6H2,1-5H3;. The summed E-state index contributed by atoms with van der Waals surface area (Å²) in [4.78, 5) is 34.3. The molecule has 1 unspecified atom stereocenters. The number of rotatable bonds is 6. The second-order valence-corrected chi connectivity index (χ2v) is 3.69. The largest absolute Gasteiger partial charge is 0.350 e. The van der Waals surface area contributed by atoms with Crippen LogP contribution in [0.1, 0.15) is 41.0 Å². The van der Waals surface area contributed by atoms with Gasteiger partial charge >= 0.3 is 0 Å². The van der Waals surface area contributed by atoms with Crippen LogP contribution in [0, 0.1) is 0 Å². The first-order chi connectivity index (χ1) is 6.78. The van der Waals surface area contributed by atoms with Gasteiger partial charge < -0.3 is 4.74 Å². The second kappa shape index (κ2) is 7.10. The Labute approximate surface area is 111 Å². The van der Waals surface area contributed by atoms with Crippen LogP contribution in [0.5, 0.6) is 0 Å². The van der Waals surface area contributed by atoms with E-state index in [0.29, 0.717) is 6.42 Å². The smallest absolute Gasteiger partial charge is 0.242 e. The summed E-state index contributed by atoms with van der Waals surface area (Å²) in [5, 5.41) is 0. The molecule has 0 N–H and O–H groups in total. The number of carbonyl (C=O) groups is 3. The van der Waals surface area contributed by atoms with Gasteiger partial charge in [-0.1, -0.05) is 6.92 Å². The number of hydrogen-bond donors (Lipinski definition) is 0. The van der Waals surface area contributed by atoms with Crippen LogP contribution in [0.3, 0.4) is 0 Å². The fraction of sp³-hybridized carbons (Fsp3) is 0.727. The van der Waals surface area contributed by atoms with Crippen molar-refractivity contribution in [2.24, 2.45) is 0 Å². The molecule has 0 bridgehead atoms. The van der Waals surface area contributed by atoms with Gasteiger partial charge in [-0.15, -0.1) is 0 Å². The molecule has 0 aliphatic heterocycles. The van der Waals surface area contributed by atoms with Crippen LogP contribution in [-0.2, 0) is 40.8 Å². The third kappa shape index (κ3) is 3.61. The van der Waals surface area contributed by atoms with Crippen molar-refractivity contribution in [3.05, 3.63) is 0 Å². The van der Waals surface area contributed by atoms with Gasteiger partial charge in [0.15, 0.2) is 17.3 Å². The van der Waals surface area contributed by atoms with E-state index in [2.05, 4.69) is 0 Å². The fourth-order valence-corrected chi connectivity index (χ4v) is 1.38. The molecule has 0 spiro atoms. The fourth-order valence-electron chi connectivity index (χ4n) is 1.38. The predicted octanol–water partition coefficient (Wildman–Crippen LogP) is 1.30. The minimum atomic E-state index is -1.89. The first-order valence-corrected chi connectivity index (χ1v) is 4.99. The molecular weight excluding hydrogens is 244 g/mol. The molecule has 1 atom stereocenters. The topological polar surface area (TPSA) is 60.4 Å². The van der Waals surface area contributed by atoms with E-state index in [9.17, 15) is 14.4 Å². The Hall–Kier alpha value is -0.316. The zero-order valence-corrected chi connectivity index (χ0v) is 12.0. The Balaban J connectivity index is 0. The van der Waals surface area contributed by atoms with E-state index >= 15 is 0 Å². The molecule has 90 valence electrons. The quantitative estimate of drug-likeness (QED) is 0.534. The van der Waals surface area contributed by atoms with Crippen molar-refractivity contribution in [2.45, 2.75) is 52.7 Å². The van der Waals surface area contributed by atoms with Gasteiger partial charge in [0.1, 0.15) is 0 Å². The summed E-state index contributed by atoms with van der Waals surface area (Å²) < 4.78 is 5.32. The van der Waals surface area contributed by atoms with Crippen LogP contribution < -0.4 is 0 Å². The molecule has 0 saturated heterocycles. The summed E-state index contributed by atoms with van der Waals surface area (Å²) in [5.74, 6) is -1.66. The number of ether oxygens (including phenoxy) is 1. The van der Waals surface area contributed by atoms with Gasteiger partial charge in [-0.2, -0.15) is 0 Å². The normalized spacial score (nSPS) is 12.6. The molecule has 0 fully saturated rings. The molecular formula is C11H18O4Ti. The van der Waals surface area contributed by atoms with E-state index < -0.39 is 23.0 Å². The molecule has 0 heterocycles. The number of Topliss-reactive ketones (excluding diaryl/α,β-unsaturated/α-hetero) is 3. The van der Waals surface area contributed by atoms with Crippen molar-refractivity contribution in [1.82, 2.24) is 0 Å². The van der Waals surface area contributed by atoms with Gasteiger partial charge in [0.2, 0.25) is 5.60 Å². The summed E-state index contributed by atoms with van der Waals surface area (Å²) in [5.41, 5.74) is -1.89. The third-order valence-electron chi connectivity index (χ3n) is 2.44. The molecule has 16 heavy (non-hydrogen) atoms. The van der Waals surface area contributed by atoms with Gasteiger partial charge in [0, 0.05) is 21.7 Å². The van der Waals surface area contributed by atoms with E-state index in [1.807, 2.05) is 6.92 Å². The van der Waals surface area contributed by atoms with Crippen molar-refractivity contribution in [1.29, 1.82) is 0 Å². The van der Waals surface area contributed by atoms with Crippen LogP contribution >= 0.6 is 0 Å². The Morgan fingerprint density at radius 2 is 1.38 bits per heavy atom. The number of hydrogen-bond acceptors (Lipinski definition) is 4. The van der Waals surface area contributed by atoms with Crippen LogP contribution in [0.2, 0.25) is 0 Å². The maximum atomic E-state index is 11.4. The maximum Gasteiger partial charge on any atom is 0.242 e. The molecule has 4 nitrogen and oxygen atoms in total. The Kier molecular flexibility index (Phi) is 8.01. The molecule has 0 aromatic heterocycles. The molecule has 0 rings (SSSR count). The molecule has 0 aliphatic carbocycles. The number of carbonyl (C=O) groups excluding carboxylic acids is 3. The Morgan fingerprint density at radius 1 is 1.06 bits per heavy atom. The van der Waals surface area contributed by atoms with Crippen molar-refractivity contribution < 1.29 is 40.8 Å². The molecule has 0 amide bonds. The zero-order chi connectivity index (χ0) is 12.2. The summed E-state index contributed by atoms with van der Waals surface area (Å²) in [6, 6.07) is 0. The minimum absolute atomic E-state index is 0. The van der Waals surface area contributed by atoms with Crippen LogP contribution in [0.4, 0.5) is 0 Å². The van der Waals surface area contributed by atoms with Crippen LogP contribution in [0.25, 0.3) is 0 Å². The van der Waals surface area contributed by atoms with Crippen LogP contribution in [0.15, 0.2) is 0 Å². The van der Waals surface area contributed by atoms with Crippen molar-refractivity contribution >= 4 is 17.3 Å². The summed E-state index contributed by atoms with van der Waals surface area (Å²) in [7, 11) is 0. The summed E-state index contributed by atoms with van der Waals surface area (Å²) >= 11 is 0. The molecule has 0 aliphatic rings. The van der Waals surface area contributed by atoms with Gasteiger partial charge in [0.25, 0.3) is 0 Å². The first-order valence-electron chi connectivity index (χ1n) is 4.99. The minimum Gasteiger partial charge on any atom is -0.350 e. The van der Waals surface area contributed by atoms with Gasteiger partial charge in [-0.05, 0) is 34.1 Å². The SMILES string of the molecule is CCC(C)OC(C(C)=O)(C(C)=O)C(C)=O.[Ti]. The van der Waals surface area contributed by atoms with E-state index in [0.717, 1.165) is 0 Å². The first kappa shape index (κ1) is 18.1. The number of ketones is 3. The maximum absolute atomic E-state index is 11.4. The average Bonchev–Trinajstić information content (AvgIpc) is 2.11. The van der Waals surface area contributed by atoms with E-state index in [1.165, 1.54) is 20.8 Å².